The summed E-state index contributed by atoms with van der Waals surface area (Å²) in [7, 11) is 1.64. The van der Waals surface area contributed by atoms with Gasteiger partial charge in [0.15, 0.2) is 0 Å². The molecule has 2 nitrogen and oxygen atoms in total. The molecule has 2 aromatic rings. The Kier molecular flexibility index (Phi) is 3.24. The van der Waals surface area contributed by atoms with E-state index >= 15 is 0 Å². The lowest BCUT2D eigenvalue weighted by atomic mass is 9.99. The number of methoxy groups -OCH3 is 1. The number of benzene rings is 2. The molecular weight excluding hydrogens is 229 g/mol. The fourth-order valence-corrected chi connectivity index (χ4v) is 2.19. The highest BCUT2D eigenvalue weighted by molar-refractivity contribution is 5.69. The van der Waals surface area contributed by atoms with Gasteiger partial charge in [-0.25, -0.2) is 4.39 Å². The first kappa shape index (κ1) is 12.4. The predicted molar refractivity (Wildman–Crippen MR) is 72.3 cm³/mol. The fraction of sp³-hybridized carbons (Fsp3) is 0.200. The van der Waals surface area contributed by atoms with Crippen LogP contribution in [0.5, 0.6) is 5.75 Å². The van der Waals surface area contributed by atoms with Gasteiger partial charge in [0, 0.05) is 11.3 Å². The van der Waals surface area contributed by atoms with Crippen molar-refractivity contribution in [3.8, 4) is 16.9 Å². The van der Waals surface area contributed by atoms with Crippen LogP contribution >= 0.6 is 0 Å². The molecule has 0 aliphatic heterocycles. The second kappa shape index (κ2) is 4.69. The summed E-state index contributed by atoms with van der Waals surface area (Å²) in [6, 6.07) is 8.57. The molecule has 0 saturated heterocycles. The van der Waals surface area contributed by atoms with Crippen molar-refractivity contribution >= 4 is 5.69 Å². The Morgan fingerprint density at radius 3 is 2.17 bits per heavy atom. The highest BCUT2D eigenvalue weighted by Gasteiger charge is 2.10. The van der Waals surface area contributed by atoms with Gasteiger partial charge in [0.2, 0.25) is 0 Å². The quantitative estimate of drug-likeness (QED) is 0.819. The van der Waals surface area contributed by atoms with Crippen LogP contribution in [0.1, 0.15) is 11.1 Å². The van der Waals surface area contributed by atoms with Crippen LogP contribution in [0.4, 0.5) is 10.1 Å². The Hall–Kier alpha value is -2.03. The van der Waals surface area contributed by atoms with E-state index in [2.05, 4.69) is 0 Å². The molecule has 2 aromatic carbocycles. The largest absolute Gasteiger partial charge is 0.496 e. The molecule has 0 saturated carbocycles. The SMILES string of the molecule is COc1c(C)cc(-c2ccc(N)cc2F)cc1C. The van der Waals surface area contributed by atoms with Crippen LogP contribution in [-0.4, -0.2) is 7.11 Å². The summed E-state index contributed by atoms with van der Waals surface area (Å²) in [5, 5.41) is 0. The summed E-state index contributed by atoms with van der Waals surface area (Å²) < 4.78 is 19.2. The summed E-state index contributed by atoms with van der Waals surface area (Å²) in [5.41, 5.74) is 9.35. The molecular formula is C15H16FNO. The lowest BCUT2D eigenvalue weighted by molar-refractivity contribution is 0.408. The number of nitrogen functional groups attached to an aromatic ring is 1. The van der Waals surface area contributed by atoms with E-state index in [0.29, 0.717) is 11.3 Å². The van der Waals surface area contributed by atoms with E-state index in [1.54, 1.807) is 19.2 Å². The lowest BCUT2D eigenvalue weighted by Gasteiger charge is -2.12. The molecule has 18 heavy (non-hydrogen) atoms. The number of ether oxygens (including phenoxy) is 1. The molecule has 0 radical (unpaired) electrons. The minimum Gasteiger partial charge on any atom is -0.496 e. The molecule has 0 atom stereocenters. The van der Waals surface area contributed by atoms with Gasteiger partial charge in [-0.05, 0) is 60.9 Å². The van der Waals surface area contributed by atoms with Crippen LogP contribution in [-0.2, 0) is 0 Å². The van der Waals surface area contributed by atoms with E-state index < -0.39 is 0 Å². The maximum atomic E-state index is 13.9. The van der Waals surface area contributed by atoms with Gasteiger partial charge in [-0.15, -0.1) is 0 Å². The summed E-state index contributed by atoms with van der Waals surface area (Å²) in [4.78, 5) is 0. The molecule has 0 unspecified atom stereocenters. The van der Waals surface area contributed by atoms with Crippen LogP contribution in [0.15, 0.2) is 30.3 Å². The monoisotopic (exact) mass is 245 g/mol. The van der Waals surface area contributed by atoms with E-state index in [0.717, 1.165) is 22.4 Å². The van der Waals surface area contributed by atoms with Gasteiger partial charge in [0.1, 0.15) is 11.6 Å². The summed E-state index contributed by atoms with van der Waals surface area (Å²) in [6.45, 7) is 3.90. The molecule has 3 heteroatoms. The second-order valence-electron chi connectivity index (χ2n) is 4.38. The maximum Gasteiger partial charge on any atom is 0.133 e. The number of halogens is 1. The van der Waals surface area contributed by atoms with E-state index in [4.69, 9.17) is 10.5 Å². The molecule has 0 fully saturated rings. The van der Waals surface area contributed by atoms with E-state index in [1.807, 2.05) is 26.0 Å². The van der Waals surface area contributed by atoms with Gasteiger partial charge >= 0.3 is 0 Å². The van der Waals surface area contributed by atoms with Crippen LogP contribution in [0, 0.1) is 19.7 Å². The molecule has 0 aromatic heterocycles. The Bertz CT molecular complexity index is 570. The first-order valence-electron chi connectivity index (χ1n) is 5.73. The minimum atomic E-state index is -0.307. The van der Waals surface area contributed by atoms with Crippen LogP contribution < -0.4 is 10.5 Å². The third-order valence-corrected chi connectivity index (χ3v) is 2.97. The standard InChI is InChI=1S/C15H16FNO/c1-9-6-11(7-10(2)15(9)18-3)13-5-4-12(17)8-14(13)16/h4-8H,17H2,1-3H3. The zero-order chi connectivity index (χ0) is 13.3. The third kappa shape index (κ3) is 2.16. The summed E-state index contributed by atoms with van der Waals surface area (Å²) in [6.07, 6.45) is 0. The van der Waals surface area contributed by atoms with Crippen molar-refractivity contribution in [2.45, 2.75) is 13.8 Å². The summed E-state index contributed by atoms with van der Waals surface area (Å²) in [5.74, 6) is 0.536. The molecule has 0 aliphatic carbocycles. The highest BCUT2D eigenvalue weighted by Crippen LogP contribution is 2.31. The Balaban J connectivity index is 2.58. The Labute approximate surface area is 106 Å². The van der Waals surface area contributed by atoms with Gasteiger partial charge in [-0.1, -0.05) is 0 Å². The van der Waals surface area contributed by atoms with Crippen LogP contribution in [0.25, 0.3) is 11.1 Å². The highest BCUT2D eigenvalue weighted by atomic mass is 19.1. The number of hydrogen-bond acceptors (Lipinski definition) is 2. The van der Waals surface area contributed by atoms with E-state index in [1.165, 1.54) is 6.07 Å². The number of hydrogen-bond donors (Lipinski definition) is 1. The molecule has 0 amide bonds. The third-order valence-electron chi connectivity index (χ3n) is 2.97. The molecule has 94 valence electrons. The van der Waals surface area contributed by atoms with Crippen molar-refractivity contribution < 1.29 is 9.13 Å². The van der Waals surface area contributed by atoms with Gasteiger partial charge < -0.3 is 10.5 Å². The molecule has 2 N–H and O–H groups in total. The van der Waals surface area contributed by atoms with Crippen molar-refractivity contribution in [2.24, 2.45) is 0 Å². The molecule has 0 aliphatic rings. The molecule has 2 rings (SSSR count). The number of rotatable bonds is 2. The molecule has 0 heterocycles. The zero-order valence-electron chi connectivity index (χ0n) is 10.8. The minimum absolute atomic E-state index is 0.307. The number of aryl methyl sites for hydroxylation is 2. The second-order valence-corrected chi connectivity index (χ2v) is 4.38. The van der Waals surface area contributed by atoms with Crippen molar-refractivity contribution in [2.75, 3.05) is 12.8 Å². The van der Waals surface area contributed by atoms with Crippen LogP contribution in [0.3, 0.4) is 0 Å². The summed E-state index contributed by atoms with van der Waals surface area (Å²) >= 11 is 0. The van der Waals surface area contributed by atoms with Crippen molar-refractivity contribution in [1.29, 1.82) is 0 Å². The van der Waals surface area contributed by atoms with Gasteiger partial charge in [0.05, 0.1) is 7.11 Å². The zero-order valence-corrected chi connectivity index (χ0v) is 10.8. The van der Waals surface area contributed by atoms with Crippen LogP contribution in [0.2, 0.25) is 0 Å². The normalized spacial score (nSPS) is 10.4. The van der Waals surface area contributed by atoms with Crippen molar-refractivity contribution in [3.63, 3.8) is 0 Å². The number of nitrogens with two attached hydrogens (primary N) is 1. The average Bonchev–Trinajstić information content (AvgIpc) is 2.28. The van der Waals surface area contributed by atoms with Crippen molar-refractivity contribution in [3.05, 3.63) is 47.3 Å². The van der Waals surface area contributed by atoms with Gasteiger partial charge in [0.25, 0.3) is 0 Å². The smallest absolute Gasteiger partial charge is 0.133 e. The molecule has 0 bridgehead atoms. The Morgan fingerprint density at radius 2 is 1.67 bits per heavy atom. The number of anilines is 1. The van der Waals surface area contributed by atoms with E-state index in [9.17, 15) is 4.39 Å². The fourth-order valence-electron chi connectivity index (χ4n) is 2.19. The average molecular weight is 245 g/mol. The topological polar surface area (TPSA) is 35.2 Å². The van der Waals surface area contributed by atoms with E-state index in [-0.39, 0.29) is 5.82 Å². The first-order chi connectivity index (χ1) is 8.52. The van der Waals surface area contributed by atoms with Crippen molar-refractivity contribution in [1.82, 2.24) is 0 Å². The van der Waals surface area contributed by atoms with Gasteiger partial charge in [-0.2, -0.15) is 0 Å². The van der Waals surface area contributed by atoms with Gasteiger partial charge in [-0.3, -0.25) is 0 Å². The Morgan fingerprint density at radius 1 is 1.06 bits per heavy atom. The maximum absolute atomic E-state index is 13.9. The lowest BCUT2D eigenvalue weighted by Crippen LogP contribution is -1.94. The molecule has 0 spiro atoms. The predicted octanol–water partition coefficient (Wildman–Crippen LogP) is 3.70. The first-order valence-corrected chi connectivity index (χ1v) is 5.73.